The number of aromatic hydroxyl groups is 1. The molecule has 0 saturated heterocycles. The van der Waals surface area contributed by atoms with Gasteiger partial charge in [-0.2, -0.15) is 0 Å². The number of aryl methyl sites for hydroxylation is 1. The minimum Gasteiger partial charge on any atom is -0.507 e. The number of pyridine rings is 1. The zero-order chi connectivity index (χ0) is 11.5. The molecule has 0 aliphatic carbocycles. The van der Waals surface area contributed by atoms with Crippen molar-refractivity contribution in [2.24, 2.45) is 0 Å². The molecule has 1 N–H and O–H groups in total. The summed E-state index contributed by atoms with van der Waals surface area (Å²) in [6, 6.07) is 7.23. The van der Waals surface area contributed by atoms with Gasteiger partial charge < -0.3 is 5.11 Å². The number of aldehydes is 1. The highest BCUT2D eigenvalue weighted by atomic mass is 16.3. The second kappa shape index (κ2) is 4.14. The van der Waals surface area contributed by atoms with Crippen molar-refractivity contribution in [1.29, 1.82) is 0 Å². The normalized spacial score (nSPS) is 10.1. The minimum atomic E-state index is 0.0441. The predicted octanol–water partition coefficient (Wildman–Crippen LogP) is 2.58. The Kier molecular flexibility index (Phi) is 2.68. The van der Waals surface area contributed by atoms with Gasteiger partial charge in [0.25, 0.3) is 0 Å². The maximum absolute atomic E-state index is 10.8. The van der Waals surface area contributed by atoms with Crippen LogP contribution in [0.15, 0.2) is 36.7 Å². The van der Waals surface area contributed by atoms with Crippen molar-refractivity contribution in [2.45, 2.75) is 6.92 Å². The number of phenols is 1. The molecule has 2 aromatic rings. The van der Waals surface area contributed by atoms with Crippen LogP contribution in [-0.4, -0.2) is 16.4 Å². The molecule has 1 aromatic heterocycles. The van der Waals surface area contributed by atoms with Crippen molar-refractivity contribution in [3.8, 4) is 16.9 Å². The highest BCUT2D eigenvalue weighted by Crippen LogP contribution is 2.28. The first-order valence-corrected chi connectivity index (χ1v) is 4.91. The molecule has 0 atom stereocenters. The minimum absolute atomic E-state index is 0.0441. The van der Waals surface area contributed by atoms with Crippen molar-refractivity contribution in [1.82, 2.24) is 4.98 Å². The predicted molar refractivity (Wildman–Crippen MR) is 61.5 cm³/mol. The molecule has 16 heavy (non-hydrogen) atoms. The quantitative estimate of drug-likeness (QED) is 0.780. The lowest BCUT2D eigenvalue weighted by Gasteiger charge is -2.06. The fourth-order valence-corrected chi connectivity index (χ4v) is 1.60. The van der Waals surface area contributed by atoms with Gasteiger partial charge in [0, 0.05) is 18.0 Å². The Morgan fingerprint density at radius 1 is 1.31 bits per heavy atom. The lowest BCUT2D eigenvalue weighted by molar-refractivity contribution is 0.112. The number of phenolic OH excluding ortho intramolecular Hbond substituents is 1. The van der Waals surface area contributed by atoms with Gasteiger partial charge in [-0.05, 0) is 36.2 Å². The largest absolute Gasteiger partial charge is 0.507 e. The monoisotopic (exact) mass is 213 g/mol. The van der Waals surface area contributed by atoms with E-state index in [-0.39, 0.29) is 5.75 Å². The molecule has 0 bridgehead atoms. The van der Waals surface area contributed by atoms with E-state index in [9.17, 15) is 9.90 Å². The maximum Gasteiger partial charge on any atom is 0.153 e. The summed E-state index contributed by atoms with van der Waals surface area (Å²) in [5.74, 6) is 0.0441. The van der Waals surface area contributed by atoms with Crippen molar-refractivity contribution >= 4 is 6.29 Å². The summed E-state index contributed by atoms with van der Waals surface area (Å²) >= 11 is 0. The van der Waals surface area contributed by atoms with Gasteiger partial charge in [0.1, 0.15) is 5.75 Å². The molecule has 0 radical (unpaired) electrons. The number of rotatable bonds is 2. The van der Waals surface area contributed by atoms with Crippen molar-refractivity contribution < 1.29 is 9.90 Å². The third-order valence-corrected chi connectivity index (χ3v) is 2.45. The van der Waals surface area contributed by atoms with Gasteiger partial charge in [-0.1, -0.05) is 6.07 Å². The number of carbonyl (C=O) groups is 1. The number of benzene rings is 1. The molecular formula is C13H11NO2. The topological polar surface area (TPSA) is 50.2 Å². The summed E-state index contributed by atoms with van der Waals surface area (Å²) < 4.78 is 0. The van der Waals surface area contributed by atoms with Gasteiger partial charge >= 0.3 is 0 Å². The smallest absolute Gasteiger partial charge is 0.153 e. The number of nitrogens with zero attached hydrogens (tertiary/aromatic N) is 1. The van der Waals surface area contributed by atoms with Gasteiger partial charge in [-0.3, -0.25) is 9.78 Å². The third-order valence-electron chi connectivity index (χ3n) is 2.45. The second-order valence-electron chi connectivity index (χ2n) is 3.59. The Bertz CT molecular complexity index is 521. The molecule has 2 rings (SSSR count). The lowest BCUT2D eigenvalue weighted by atomic mass is 10.0. The first kappa shape index (κ1) is 10.4. The van der Waals surface area contributed by atoms with Crippen LogP contribution in [0, 0.1) is 6.92 Å². The molecule has 3 heteroatoms. The van der Waals surface area contributed by atoms with E-state index >= 15 is 0 Å². The van der Waals surface area contributed by atoms with E-state index in [1.54, 1.807) is 25.4 Å². The zero-order valence-corrected chi connectivity index (χ0v) is 8.84. The molecule has 0 fully saturated rings. The maximum atomic E-state index is 10.8. The highest BCUT2D eigenvalue weighted by Gasteiger charge is 2.07. The van der Waals surface area contributed by atoms with E-state index in [0.717, 1.165) is 11.1 Å². The fraction of sp³-hybridized carbons (Fsp3) is 0.0769. The number of hydrogen-bond donors (Lipinski definition) is 1. The Labute approximate surface area is 93.4 Å². The summed E-state index contributed by atoms with van der Waals surface area (Å²) in [5.41, 5.74) is 2.79. The molecule has 1 aromatic carbocycles. The van der Waals surface area contributed by atoms with Crippen LogP contribution in [0.1, 0.15) is 15.9 Å². The van der Waals surface area contributed by atoms with E-state index in [1.807, 2.05) is 18.2 Å². The van der Waals surface area contributed by atoms with E-state index in [4.69, 9.17) is 0 Å². The average molecular weight is 213 g/mol. The van der Waals surface area contributed by atoms with Gasteiger partial charge in [0.2, 0.25) is 0 Å². The van der Waals surface area contributed by atoms with Crippen molar-refractivity contribution in [2.75, 3.05) is 0 Å². The Morgan fingerprint density at radius 2 is 2.12 bits per heavy atom. The molecule has 0 unspecified atom stereocenters. The van der Waals surface area contributed by atoms with Crippen LogP contribution < -0.4 is 0 Å². The van der Waals surface area contributed by atoms with Crippen molar-refractivity contribution in [3.05, 3.63) is 47.8 Å². The average Bonchev–Trinajstić information content (AvgIpc) is 2.33. The van der Waals surface area contributed by atoms with Gasteiger partial charge in [-0.25, -0.2) is 0 Å². The van der Waals surface area contributed by atoms with Crippen LogP contribution in [0.25, 0.3) is 11.1 Å². The van der Waals surface area contributed by atoms with E-state index in [2.05, 4.69) is 4.98 Å². The van der Waals surface area contributed by atoms with Crippen LogP contribution in [0.3, 0.4) is 0 Å². The van der Waals surface area contributed by atoms with E-state index < -0.39 is 0 Å². The van der Waals surface area contributed by atoms with Crippen LogP contribution in [0.4, 0.5) is 0 Å². The molecule has 0 saturated carbocycles. The van der Waals surface area contributed by atoms with E-state index in [1.165, 1.54) is 0 Å². The number of carbonyl (C=O) groups excluding carboxylic acids is 1. The molecule has 0 spiro atoms. The Morgan fingerprint density at radius 3 is 2.75 bits per heavy atom. The third kappa shape index (κ3) is 1.80. The van der Waals surface area contributed by atoms with Gasteiger partial charge in [0.15, 0.2) is 6.29 Å². The number of aromatic nitrogens is 1. The summed E-state index contributed by atoms with van der Waals surface area (Å²) in [5, 5.41) is 9.62. The Hall–Kier alpha value is -2.16. The SMILES string of the molecule is Cc1cc(-c2cccnc2)cc(C=O)c1O. The summed E-state index contributed by atoms with van der Waals surface area (Å²) in [4.78, 5) is 14.8. The molecule has 80 valence electrons. The second-order valence-corrected chi connectivity index (χ2v) is 3.59. The molecule has 1 heterocycles. The first-order valence-electron chi connectivity index (χ1n) is 4.91. The summed E-state index contributed by atoms with van der Waals surface area (Å²) in [6.45, 7) is 1.77. The first-order chi connectivity index (χ1) is 7.72. The van der Waals surface area contributed by atoms with Crippen LogP contribution in [0.2, 0.25) is 0 Å². The van der Waals surface area contributed by atoms with Crippen LogP contribution in [0.5, 0.6) is 5.75 Å². The van der Waals surface area contributed by atoms with E-state index in [0.29, 0.717) is 17.4 Å². The number of hydrogen-bond acceptors (Lipinski definition) is 3. The standard InChI is InChI=1S/C13H11NO2/c1-9-5-11(6-12(8-15)13(9)16)10-3-2-4-14-7-10/h2-8,16H,1H3. The molecule has 0 aliphatic heterocycles. The molecule has 0 aliphatic rings. The van der Waals surface area contributed by atoms with Gasteiger partial charge in [-0.15, -0.1) is 0 Å². The van der Waals surface area contributed by atoms with Crippen molar-refractivity contribution in [3.63, 3.8) is 0 Å². The van der Waals surface area contributed by atoms with Crippen LogP contribution in [-0.2, 0) is 0 Å². The van der Waals surface area contributed by atoms with Gasteiger partial charge in [0.05, 0.1) is 5.56 Å². The molecular weight excluding hydrogens is 202 g/mol. The molecule has 3 nitrogen and oxygen atoms in total. The van der Waals surface area contributed by atoms with Crippen LogP contribution >= 0.6 is 0 Å². The lowest BCUT2D eigenvalue weighted by Crippen LogP contribution is -1.88. The molecule has 0 amide bonds. The highest BCUT2D eigenvalue weighted by molar-refractivity contribution is 5.83. The summed E-state index contributed by atoms with van der Waals surface area (Å²) in [6.07, 6.45) is 4.07. The summed E-state index contributed by atoms with van der Waals surface area (Å²) in [7, 11) is 0. The zero-order valence-electron chi connectivity index (χ0n) is 8.84. The Balaban J connectivity index is 2.59. The fourth-order valence-electron chi connectivity index (χ4n) is 1.60.